The van der Waals surface area contributed by atoms with Gasteiger partial charge in [0.05, 0.1) is 6.61 Å². The fourth-order valence-corrected chi connectivity index (χ4v) is 3.13. The molecule has 2 aliphatic rings. The summed E-state index contributed by atoms with van der Waals surface area (Å²) < 4.78 is 10.7. The quantitative estimate of drug-likeness (QED) is 0.845. The van der Waals surface area contributed by atoms with Gasteiger partial charge < -0.3 is 14.2 Å². The lowest BCUT2D eigenvalue weighted by Crippen LogP contribution is -2.36. The van der Waals surface area contributed by atoms with E-state index >= 15 is 0 Å². The van der Waals surface area contributed by atoms with Crippen LogP contribution < -0.4 is 0 Å². The van der Waals surface area contributed by atoms with E-state index in [-0.39, 0.29) is 23.4 Å². The van der Waals surface area contributed by atoms with Crippen molar-refractivity contribution in [1.82, 2.24) is 25.0 Å². The Morgan fingerprint density at radius 2 is 2.00 bits per heavy atom. The van der Waals surface area contributed by atoms with Crippen LogP contribution in [0.1, 0.15) is 47.9 Å². The SMILES string of the molecule is O=C(c1nccnc1-c1nc([C@H]2CCOC2)no1)N1CCCCC1. The van der Waals surface area contributed by atoms with Crippen molar-refractivity contribution in [1.29, 1.82) is 0 Å². The molecule has 4 rings (SSSR count). The molecule has 0 spiro atoms. The zero-order valence-corrected chi connectivity index (χ0v) is 13.3. The van der Waals surface area contributed by atoms with Crippen LogP contribution in [0.2, 0.25) is 0 Å². The molecule has 0 saturated carbocycles. The third-order valence-electron chi connectivity index (χ3n) is 4.48. The van der Waals surface area contributed by atoms with Gasteiger partial charge in [-0.05, 0) is 25.7 Å². The molecule has 0 unspecified atom stereocenters. The van der Waals surface area contributed by atoms with Crippen molar-refractivity contribution in [2.24, 2.45) is 0 Å². The molecule has 0 aliphatic carbocycles. The number of likely N-dealkylation sites (tertiary alicyclic amines) is 1. The fraction of sp³-hybridized carbons (Fsp3) is 0.562. The van der Waals surface area contributed by atoms with E-state index in [1.54, 1.807) is 0 Å². The first-order chi connectivity index (χ1) is 11.8. The predicted molar refractivity (Wildman–Crippen MR) is 83.3 cm³/mol. The number of rotatable bonds is 3. The minimum atomic E-state index is -0.123. The molecule has 2 aromatic rings. The number of piperidine rings is 1. The largest absolute Gasteiger partial charge is 0.381 e. The van der Waals surface area contributed by atoms with Crippen LogP contribution in [0.15, 0.2) is 16.9 Å². The van der Waals surface area contributed by atoms with E-state index < -0.39 is 0 Å². The second-order valence-electron chi connectivity index (χ2n) is 6.12. The molecule has 0 bridgehead atoms. The maximum atomic E-state index is 12.8. The van der Waals surface area contributed by atoms with Gasteiger partial charge >= 0.3 is 0 Å². The Morgan fingerprint density at radius 3 is 2.79 bits per heavy atom. The Morgan fingerprint density at radius 1 is 1.17 bits per heavy atom. The second kappa shape index (κ2) is 6.64. The van der Waals surface area contributed by atoms with Gasteiger partial charge in [-0.15, -0.1) is 0 Å². The van der Waals surface area contributed by atoms with Gasteiger partial charge in [-0.1, -0.05) is 5.16 Å². The molecule has 1 amide bonds. The van der Waals surface area contributed by atoms with Gasteiger partial charge in [0.25, 0.3) is 11.8 Å². The summed E-state index contributed by atoms with van der Waals surface area (Å²) in [4.78, 5) is 27.5. The molecule has 2 fully saturated rings. The number of nitrogens with zero attached hydrogens (tertiary/aromatic N) is 5. The molecule has 0 N–H and O–H groups in total. The first-order valence-corrected chi connectivity index (χ1v) is 8.35. The number of carbonyl (C=O) groups excluding carboxylic acids is 1. The van der Waals surface area contributed by atoms with Crippen LogP contribution in [-0.2, 0) is 4.74 Å². The monoisotopic (exact) mass is 329 g/mol. The highest BCUT2D eigenvalue weighted by Crippen LogP contribution is 2.26. The number of aromatic nitrogens is 4. The van der Waals surface area contributed by atoms with Crippen molar-refractivity contribution in [2.45, 2.75) is 31.6 Å². The second-order valence-corrected chi connectivity index (χ2v) is 6.12. The van der Waals surface area contributed by atoms with E-state index in [0.29, 0.717) is 24.7 Å². The van der Waals surface area contributed by atoms with Crippen LogP contribution >= 0.6 is 0 Å². The summed E-state index contributed by atoms with van der Waals surface area (Å²) in [6, 6.07) is 0. The molecule has 2 saturated heterocycles. The molecule has 2 aliphatic heterocycles. The molecule has 0 radical (unpaired) electrons. The molecule has 1 atom stereocenters. The fourth-order valence-electron chi connectivity index (χ4n) is 3.13. The molecule has 8 heteroatoms. The average Bonchev–Trinajstić information content (AvgIpc) is 3.33. The molecular formula is C16H19N5O3. The van der Waals surface area contributed by atoms with Crippen molar-refractivity contribution in [3.63, 3.8) is 0 Å². The zero-order valence-electron chi connectivity index (χ0n) is 13.3. The number of amides is 1. The van der Waals surface area contributed by atoms with Crippen LogP contribution in [-0.4, -0.2) is 57.2 Å². The van der Waals surface area contributed by atoms with Crippen molar-refractivity contribution in [3.8, 4) is 11.6 Å². The van der Waals surface area contributed by atoms with Gasteiger partial charge in [-0.25, -0.2) is 9.97 Å². The van der Waals surface area contributed by atoms with E-state index in [0.717, 1.165) is 38.8 Å². The van der Waals surface area contributed by atoms with Crippen LogP contribution in [0, 0.1) is 0 Å². The molecule has 0 aromatic carbocycles. The summed E-state index contributed by atoms with van der Waals surface area (Å²) >= 11 is 0. The van der Waals surface area contributed by atoms with E-state index in [2.05, 4.69) is 20.1 Å². The minimum Gasteiger partial charge on any atom is -0.381 e. The normalized spacial score (nSPS) is 21.2. The van der Waals surface area contributed by atoms with Gasteiger partial charge in [0.1, 0.15) is 0 Å². The van der Waals surface area contributed by atoms with E-state index in [9.17, 15) is 4.79 Å². The summed E-state index contributed by atoms with van der Waals surface area (Å²) in [5.74, 6) is 0.858. The number of ether oxygens (including phenoxy) is 1. The van der Waals surface area contributed by atoms with Gasteiger partial charge in [-0.2, -0.15) is 4.98 Å². The average molecular weight is 329 g/mol. The highest BCUT2D eigenvalue weighted by Gasteiger charge is 2.28. The summed E-state index contributed by atoms with van der Waals surface area (Å²) in [5, 5.41) is 4.03. The Kier molecular flexibility index (Phi) is 4.20. The van der Waals surface area contributed by atoms with Gasteiger partial charge in [0.2, 0.25) is 0 Å². The number of carbonyl (C=O) groups is 1. The number of hydrogen-bond acceptors (Lipinski definition) is 7. The molecule has 24 heavy (non-hydrogen) atoms. The molecule has 2 aromatic heterocycles. The Hall–Kier alpha value is -2.35. The van der Waals surface area contributed by atoms with E-state index in [4.69, 9.17) is 9.26 Å². The Bertz CT molecular complexity index is 720. The summed E-state index contributed by atoms with van der Waals surface area (Å²) in [7, 11) is 0. The molecule has 8 nitrogen and oxygen atoms in total. The van der Waals surface area contributed by atoms with Gasteiger partial charge in [0.15, 0.2) is 17.2 Å². The van der Waals surface area contributed by atoms with Crippen molar-refractivity contribution in [2.75, 3.05) is 26.3 Å². The van der Waals surface area contributed by atoms with Crippen LogP contribution in [0.5, 0.6) is 0 Å². The predicted octanol–water partition coefficient (Wildman–Crippen LogP) is 1.66. The smallest absolute Gasteiger partial charge is 0.278 e. The minimum absolute atomic E-state index is 0.123. The lowest BCUT2D eigenvalue weighted by molar-refractivity contribution is 0.0718. The Labute approximate surface area is 139 Å². The lowest BCUT2D eigenvalue weighted by atomic mass is 10.1. The first kappa shape index (κ1) is 15.2. The summed E-state index contributed by atoms with van der Waals surface area (Å²) in [6.07, 6.45) is 7.13. The molecule has 4 heterocycles. The third-order valence-corrected chi connectivity index (χ3v) is 4.48. The van der Waals surface area contributed by atoms with Crippen LogP contribution in [0.25, 0.3) is 11.6 Å². The summed E-state index contributed by atoms with van der Waals surface area (Å²) in [5.41, 5.74) is 0.628. The van der Waals surface area contributed by atoms with Crippen molar-refractivity contribution < 1.29 is 14.1 Å². The molecule has 126 valence electrons. The Balaban J connectivity index is 1.62. The van der Waals surface area contributed by atoms with Crippen LogP contribution in [0.3, 0.4) is 0 Å². The number of hydrogen-bond donors (Lipinski definition) is 0. The maximum absolute atomic E-state index is 12.8. The first-order valence-electron chi connectivity index (χ1n) is 8.35. The standard InChI is InChI=1S/C16H19N5O3/c22-16(21-7-2-1-3-8-21)13-12(17-5-6-18-13)15-19-14(20-24-15)11-4-9-23-10-11/h5-6,11H,1-4,7-10H2/t11-/m0/s1. The topological polar surface area (TPSA) is 94.2 Å². The van der Waals surface area contributed by atoms with Gasteiger partial charge in [0, 0.05) is 38.0 Å². The van der Waals surface area contributed by atoms with E-state index in [1.165, 1.54) is 12.4 Å². The lowest BCUT2D eigenvalue weighted by Gasteiger charge is -2.26. The molecular weight excluding hydrogens is 310 g/mol. The van der Waals surface area contributed by atoms with Crippen LogP contribution in [0.4, 0.5) is 0 Å². The zero-order chi connectivity index (χ0) is 16.4. The maximum Gasteiger partial charge on any atom is 0.278 e. The van der Waals surface area contributed by atoms with Crippen molar-refractivity contribution >= 4 is 5.91 Å². The highest BCUT2D eigenvalue weighted by atomic mass is 16.5. The third kappa shape index (κ3) is 2.89. The van der Waals surface area contributed by atoms with E-state index in [1.807, 2.05) is 4.90 Å². The van der Waals surface area contributed by atoms with Gasteiger partial charge in [-0.3, -0.25) is 4.79 Å². The summed E-state index contributed by atoms with van der Waals surface area (Å²) in [6.45, 7) is 2.81. The van der Waals surface area contributed by atoms with Crippen molar-refractivity contribution in [3.05, 3.63) is 23.9 Å². The highest BCUT2D eigenvalue weighted by molar-refractivity contribution is 5.97.